The van der Waals surface area contributed by atoms with Crippen molar-refractivity contribution in [3.05, 3.63) is 39.1 Å². The second-order valence-corrected chi connectivity index (χ2v) is 7.34. The van der Waals surface area contributed by atoms with Gasteiger partial charge in [-0.05, 0) is 45.2 Å². The first-order chi connectivity index (χ1) is 8.94. The van der Waals surface area contributed by atoms with Gasteiger partial charge in [0.05, 0.1) is 10.7 Å². The van der Waals surface area contributed by atoms with Crippen LogP contribution in [0, 0.1) is 0 Å². The van der Waals surface area contributed by atoms with E-state index in [0.29, 0.717) is 0 Å². The van der Waals surface area contributed by atoms with Gasteiger partial charge in [-0.1, -0.05) is 28.1 Å². The first kappa shape index (κ1) is 14.7. The molecule has 2 N–H and O–H groups in total. The number of thiazole rings is 1. The maximum Gasteiger partial charge on any atom is 0.0932 e. The van der Waals surface area contributed by atoms with Crippen molar-refractivity contribution in [1.82, 2.24) is 4.98 Å². The van der Waals surface area contributed by atoms with Crippen LogP contribution in [0.2, 0.25) is 0 Å². The van der Waals surface area contributed by atoms with Gasteiger partial charge < -0.3 is 5.73 Å². The molecule has 0 radical (unpaired) electrons. The molecule has 0 saturated heterocycles. The Hall–Kier alpha value is -0.710. The average Bonchev–Trinajstić information content (AvgIpc) is 2.76. The highest BCUT2D eigenvalue weighted by Gasteiger charge is 2.11. The summed E-state index contributed by atoms with van der Waals surface area (Å²) < 4.78 is 1.09. The van der Waals surface area contributed by atoms with E-state index < -0.39 is 0 Å². The second-order valence-electron chi connectivity index (χ2n) is 5.48. The van der Waals surface area contributed by atoms with E-state index in [1.54, 1.807) is 11.3 Å². The van der Waals surface area contributed by atoms with Crippen molar-refractivity contribution in [1.29, 1.82) is 0 Å². The van der Waals surface area contributed by atoms with E-state index in [1.165, 1.54) is 5.01 Å². The lowest BCUT2D eigenvalue weighted by Gasteiger charge is -2.17. The first-order valence-electron chi connectivity index (χ1n) is 6.43. The highest BCUT2D eigenvalue weighted by molar-refractivity contribution is 9.10. The van der Waals surface area contributed by atoms with Crippen molar-refractivity contribution in [2.24, 2.45) is 5.73 Å². The Labute approximate surface area is 127 Å². The summed E-state index contributed by atoms with van der Waals surface area (Å²) in [5, 5.41) is 3.32. The summed E-state index contributed by atoms with van der Waals surface area (Å²) in [6, 6.07) is 8.25. The summed E-state index contributed by atoms with van der Waals surface area (Å²) in [6.07, 6.45) is 3.13. The lowest BCUT2D eigenvalue weighted by atomic mass is 9.99. The van der Waals surface area contributed by atoms with Gasteiger partial charge in [0.25, 0.3) is 0 Å². The highest BCUT2D eigenvalue weighted by atomic mass is 79.9. The third-order valence-corrected chi connectivity index (χ3v) is 4.29. The molecule has 2 nitrogen and oxygen atoms in total. The lowest BCUT2D eigenvalue weighted by molar-refractivity contribution is 0.459. The summed E-state index contributed by atoms with van der Waals surface area (Å²) >= 11 is 5.23. The van der Waals surface area contributed by atoms with E-state index in [9.17, 15) is 0 Å². The minimum absolute atomic E-state index is 0.0790. The molecule has 0 fully saturated rings. The standard InChI is InChI=1S/C15H19BrN2S/c1-15(2,17)8-4-7-14-18-13(10-19-14)11-5-3-6-12(16)9-11/h3,5-6,9-10H,4,7-8,17H2,1-2H3. The van der Waals surface area contributed by atoms with Crippen LogP contribution in [0.3, 0.4) is 0 Å². The number of benzene rings is 1. The van der Waals surface area contributed by atoms with Crippen molar-refractivity contribution in [2.75, 3.05) is 0 Å². The predicted octanol–water partition coefficient (Wildman–Crippen LogP) is 4.63. The van der Waals surface area contributed by atoms with E-state index in [4.69, 9.17) is 10.7 Å². The molecule has 0 bridgehead atoms. The van der Waals surface area contributed by atoms with Gasteiger partial charge in [0.2, 0.25) is 0 Å². The molecule has 0 aliphatic carbocycles. The zero-order valence-corrected chi connectivity index (χ0v) is 13.7. The van der Waals surface area contributed by atoms with Crippen molar-refractivity contribution in [3.8, 4) is 11.3 Å². The largest absolute Gasteiger partial charge is 0.326 e. The molecule has 19 heavy (non-hydrogen) atoms. The van der Waals surface area contributed by atoms with Crippen LogP contribution in [0.5, 0.6) is 0 Å². The fraction of sp³-hybridized carbons (Fsp3) is 0.400. The van der Waals surface area contributed by atoms with Crippen LogP contribution in [0.25, 0.3) is 11.3 Å². The number of nitrogens with two attached hydrogens (primary N) is 1. The molecule has 0 atom stereocenters. The molecule has 1 aromatic heterocycles. The zero-order valence-electron chi connectivity index (χ0n) is 11.3. The van der Waals surface area contributed by atoms with Crippen molar-refractivity contribution < 1.29 is 0 Å². The summed E-state index contributed by atoms with van der Waals surface area (Å²) in [6.45, 7) is 4.14. The molecule has 0 saturated carbocycles. The van der Waals surface area contributed by atoms with Gasteiger partial charge in [-0.15, -0.1) is 11.3 Å². The van der Waals surface area contributed by atoms with E-state index in [2.05, 4.69) is 47.3 Å². The Morgan fingerprint density at radius 2 is 2.16 bits per heavy atom. The van der Waals surface area contributed by atoms with Gasteiger partial charge in [0.1, 0.15) is 0 Å². The molecule has 2 rings (SSSR count). The van der Waals surface area contributed by atoms with E-state index in [1.807, 2.05) is 12.1 Å². The number of hydrogen-bond acceptors (Lipinski definition) is 3. The smallest absolute Gasteiger partial charge is 0.0932 e. The summed E-state index contributed by atoms with van der Waals surface area (Å²) in [5.74, 6) is 0. The molecular weight excluding hydrogens is 320 g/mol. The number of hydrogen-bond donors (Lipinski definition) is 1. The van der Waals surface area contributed by atoms with E-state index >= 15 is 0 Å². The van der Waals surface area contributed by atoms with E-state index in [0.717, 1.165) is 35.0 Å². The Morgan fingerprint density at radius 3 is 2.84 bits per heavy atom. The molecule has 1 aromatic carbocycles. The minimum atomic E-state index is -0.0790. The van der Waals surface area contributed by atoms with Crippen molar-refractivity contribution >= 4 is 27.3 Å². The van der Waals surface area contributed by atoms with E-state index in [-0.39, 0.29) is 5.54 Å². The fourth-order valence-electron chi connectivity index (χ4n) is 1.90. The number of rotatable bonds is 5. The number of aryl methyl sites for hydroxylation is 1. The Kier molecular flexibility index (Phi) is 4.76. The van der Waals surface area contributed by atoms with Gasteiger partial charge >= 0.3 is 0 Å². The monoisotopic (exact) mass is 338 g/mol. The maximum atomic E-state index is 5.99. The van der Waals surface area contributed by atoms with Crippen LogP contribution in [-0.4, -0.2) is 10.5 Å². The molecular formula is C15H19BrN2S. The van der Waals surface area contributed by atoms with Crippen LogP contribution in [0.15, 0.2) is 34.1 Å². The van der Waals surface area contributed by atoms with Crippen LogP contribution >= 0.6 is 27.3 Å². The normalized spacial score (nSPS) is 11.8. The molecule has 102 valence electrons. The zero-order chi connectivity index (χ0) is 13.9. The van der Waals surface area contributed by atoms with Crippen molar-refractivity contribution in [3.63, 3.8) is 0 Å². The molecule has 1 heterocycles. The highest BCUT2D eigenvalue weighted by Crippen LogP contribution is 2.25. The van der Waals surface area contributed by atoms with Gasteiger partial charge in [-0.2, -0.15) is 0 Å². The van der Waals surface area contributed by atoms with Crippen molar-refractivity contribution in [2.45, 2.75) is 38.6 Å². The third-order valence-electron chi connectivity index (χ3n) is 2.88. The third kappa shape index (κ3) is 4.71. The predicted molar refractivity (Wildman–Crippen MR) is 86.5 cm³/mol. The minimum Gasteiger partial charge on any atom is -0.326 e. The average molecular weight is 339 g/mol. The Bertz CT molecular complexity index is 543. The Balaban J connectivity index is 1.99. The quantitative estimate of drug-likeness (QED) is 0.862. The van der Waals surface area contributed by atoms with Gasteiger partial charge in [-0.3, -0.25) is 0 Å². The van der Waals surface area contributed by atoms with Gasteiger partial charge in [-0.25, -0.2) is 4.98 Å². The second kappa shape index (κ2) is 6.16. The number of halogens is 1. The van der Waals surface area contributed by atoms with Crippen LogP contribution in [0.4, 0.5) is 0 Å². The van der Waals surface area contributed by atoms with Gasteiger partial charge in [0, 0.05) is 21.0 Å². The summed E-state index contributed by atoms with van der Waals surface area (Å²) in [5.41, 5.74) is 8.14. The SMILES string of the molecule is CC(C)(N)CCCc1nc(-c2cccc(Br)c2)cs1. The van der Waals surface area contributed by atoms with Crippen LogP contribution < -0.4 is 5.73 Å². The van der Waals surface area contributed by atoms with Crippen LogP contribution in [0.1, 0.15) is 31.7 Å². The molecule has 2 aromatic rings. The first-order valence-corrected chi connectivity index (χ1v) is 8.10. The molecule has 0 spiro atoms. The Morgan fingerprint density at radius 1 is 1.37 bits per heavy atom. The lowest BCUT2D eigenvalue weighted by Crippen LogP contribution is -2.31. The number of nitrogens with zero attached hydrogens (tertiary/aromatic N) is 1. The molecule has 0 unspecified atom stereocenters. The summed E-state index contributed by atoms with van der Waals surface area (Å²) in [4.78, 5) is 4.70. The molecule has 0 aliphatic rings. The van der Waals surface area contributed by atoms with Crippen LogP contribution in [-0.2, 0) is 6.42 Å². The molecule has 0 aliphatic heterocycles. The topological polar surface area (TPSA) is 38.9 Å². The molecule has 0 amide bonds. The summed E-state index contributed by atoms with van der Waals surface area (Å²) in [7, 11) is 0. The maximum absolute atomic E-state index is 5.99. The van der Waals surface area contributed by atoms with Gasteiger partial charge in [0.15, 0.2) is 0 Å². The fourth-order valence-corrected chi connectivity index (χ4v) is 3.15. The molecule has 4 heteroatoms. The number of aromatic nitrogens is 1.